The molecule has 2 rings (SSSR count). The molecule has 0 saturated carbocycles. The van der Waals surface area contributed by atoms with Crippen LogP contribution >= 0.6 is 23.2 Å². The maximum Gasteiger partial charge on any atom is 0.142 e. The van der Waals surface area contributed by atoms with Gasteiger partial charge in [0, 0.05) is 10.6 Å². The van der Waals surface area contributed by atoms with E-state index in [1.54, 1.807) is 12.1 Å². The van der Waals surface area contributed by atoms with Crippen molar-refractivity contribution in [1.82, 2.24) is 0 Å². The van der Waals surface area contributed by atoms with Gasteiger partial charge < -0.3 is 9.52 Å². The van der Waals surface area contributed by atoms with Crippen molar-refractivity contribution in [2.24, 2.45) is 0 Å². The summed E-state index contributed by atoms with van der Waals surface area (Å²) in [5.41, 5.74) is 0.221. The topological polar surface area (TPSA) is 33.4 Å². The van der Waals surface area contributed by atoms with E-state index in [1.807, 2.05) is 0 Å². The Balaban J connectivity index is 2.44. The van der Waals surface area contributed by atoms with Crippen LogP contribution in [0, 0.1) is 5.82 Å². The predicted octanol–water partition coefficient (Wildman–Crippen LogP) is 3.81. The largest absolute Gasteiger partial charge is 0.466 e. The zero-order valence-electron chi connectivity index (χ0n) is 7.95. The molecule has 2 nitrogen and oxygen atoms in total. The van der Waals surface area contributed by atoms with Gasteiger partial charge in [0.05, 0.1) is 11.3 Å². The van der Waals surface area contributed by atoms with Crippen LogP contribution in [-0.4, -0.2) is 5.11 Å². The van der Waals surface area contributed by atoms with E-state index < -0.39 is 11.9 Å². The molecule has 0 spiro atoms. The van der Waals surface area contributed by atoms with Gasteiger partial charge in [-0.3, -0.25) is 0 Å². The molecule has 0 aliphatic carbocycles. The Bertz CT molecular complexity index is 497. The Hall–Kier alpha value is -1.03. The first-order valence-electron chi connectivity index (χ1n) is 4.45. The Labute approximate surface area is 101 Å². The Morgan fingerprint density at radius 1 is 1.25 bits per heavy atom. The molecule has 1 aromatic carbocycles. The number of rotatable bonds is 2. The van der Waals surface area contributed by atoms with Gasteiger partial charge in [-0.25, -0.2) is 4.39 Å². The minimum Gasteiger partial charge on any atom is -0.466 e. The Morgan fingerprint density at radius 3 is 2.62 bits per heavy atom. The van der Waals surface area contributed by atoms with E-state index in [9.17, 15) is 9.50 Å². The highest BCUT2D eigenvalue weighted by atomic mass is 35.5. The van der Waals surface area contributed by atoms with Crippen molar-refractivity contribution in [3.8, 4) is 0 Å². The van der Waals surface area contributed by atoms with Crippen molar-refractivity contribution in [1.29, 1.82) is 0 Å². The molecule has 0 aliphatic heterocycles. The van der Waals surface area contributed by atoms with E-state index in [2.05, 4.69) is 0 Å². The summed E-state index contributed by atoms with van der Waals surface area (Å²) in [6.07, 6.45) is 0.313. The summed E-state index contributed by atoms with van der Waals surface area (Å²) in [5.74, 6) is -0.338. The summed E-state index contributed by atoms with van der Waals surface area (Å²) in [7, 11) is 0. The molecule has 0 fully saturated rings. The van der Waals surface area contributed by atoms with Gasteiger partial charge in [-0.15, -0.1) is 0 Å². The van der Waals surface area contributed by atoms with Crippen LogP contribution in [0.2, 0.25) is 10.0 Å². The van der Waals surface area contributed by atoms with Crippen LogP contribution in [0.5, 0.6) is 0 Å². The van der Waals surface area contributed by atoms with E-state index in [0.717, 1.165) is 6.07 Å². The summed E-state index contributed by atoms with van der Waals surface area (Å²) in [6, 6.07) is 5.55. The second kappa shape index (κ2) is 4.45. The van der Waals surface area contributed by atoms with E-state index in [1.165, 1.54) is 12.3 Å². The number of hydrogen-bond acceptors (Lipinski definition) is 2. The first-order chi connectivity index (χ1) is 7.59. The van der Waals surface area contributed by atoms with Crippen molar-refractivity contribution < 1.29 is 13.9 Å². The van der Waals surface area contributed by atoms with E-state index in [4.69, 9.17) is 27.6 Å². The second-order valence-electron chi connectivity index (χ2n) is 3.21. The lowest BCUT2D eigenvalue weighted by atomic mass is 10.1. The third-order valence-corrected chi connectivity index (χ3v) is 2.76. The van der Waals surface area contributed by atoms with Gasteiger partial charge in [0.2, 0.25) is 0 Å². The molecule has 1 N–H and O–H groups in total. The minimum absolute atomic E-state index is 0.0830. The van der Waals surface area contributed by atoms with E-state index in [-0.39, 0.29) is 15.6 Å². The third-order valence-electron chi connectivity index (χ3n) is 2.15. The molecule has 0 radical (unpaired) electrons. The molecule has 0 aliphatic rings. The molecule has 16 heavy (non-hydrogen) atoms. The van der Waals surface area contributed by atoms with Gasteiger partial charge >= 0.3 is 0 Å². The molecular weight excluding hydrogens is 254 g/mol. The molecule has 0 amide bonds. The lowest BCUT2D eigenvalue weighted by molar-refractivity contribution is 0.189. The van der Waals surface area contributed by atoms with Crippen LogP contribution in [0.25, 0.3) is 0 Å². The van der Waals surface area contributed by atoms with Crippen LogP contribution in [0.15, 0.2) is 34.9 Å². The first-order valence-corrected chi connectivity index (χ1v) is 5.21. The smallest absolute Gasteiger partial charge is 0.142 e. The zero-order valence-corrected chi connectivity index (χ0v) is 9.47. The number of aliphatic hydroxyl groups is 1. The molecule has 5 heteroatoms. The average molecular weight is 261 g/mol. The summed E-state index contributed by atoms with van der Waals surface area (Å²) >= 11 is 11.4. The normalized spacial score (nSPS) is 12.8. The average Bonchev–Trinajstić information content (AvgIpc) is 2.75. The number of halogens is 3. The second-order valence-corrected chi connectivity index (χ2v) is 4.02. The standard InChI is InChI=1S/C11H7Cl2FO2/c12-7-5-8(13)9(14)4-6(7)11(15)10-2-1-3-16-10/h1-5,11,15H/t11-/m1/s1. The van der Waals surface area contributed by atoms with Crippen LogP contribution in [0.3, 0.4) is 0 Å². The lowest BCUT2D eigenvalue weighted by Crippen LogP contribution is -2.00. The Kier molecular flexibility index (Phi) is 3.19. The molecular formula is C11H7Cl2FO2. The maximum atomic E-state index is 13.2. The van der Waals surface area contributed by atoms with Crippen LogP contribution in [0.4, 0.5) is 4.39 Å². The molecule has 1 atom stereocenters. The minimum atomic E-state index is -1.10. The molecule has 0 unspecified atom stereocenters. The molecule has 0 saturated heterocycles. The van der Waals surface area contributed by atoms with Crippen LogP contribution < -0.4 is 0 Å². The molecule has 84 valence electrons. The summed E-state index contributed by atoms with van der Waals surface area (Å²) in [4.78, 5) is 0. The molecule has 2 aromatic rings. The monoisotopic (exact) mass is 260 g/mol. The summed E-state index contributed by atoms with van der Waals surface area (Å²) in [5, 5.41) is 10.00. The summed E-state index contributed by atoms with van der Waals surface area (Å²) < 4.78 is 18.2. The van der Waals surface area contributed by atoms with E-state index >= 15 is 0 Å². The van der Waals surface area contributed by atoms with Gasteiger partial charge in [-0.05, 0) is 24.3 Å². The van der Waals surface area contributed by atoms with Crippen molar-refractivity contribution in [2.45, 2.75) is 6.10 Å². The fraction of sp³-hybridized carbons (Fsp3) is 0.0909. The third kappa shape index (κ3) is 2.07. The quantitative estimate of drug-likeness (QED) is 0.834. The predicted molar refractivity (Wildman–Crippen MR) is 59.2 cm³/mol. The molecule has 1 aromatic heterocycles. The first kappa shape index (κ1) is 11.5. The van der Waals surface area contributed by atoms with E-state index in [0.29, 0.717) is 5.76 Å². The van der Waals surface area contributed by atoms with Crippen LogP contribution in [-0.2, 0) is 0 Å². The van der Waals surface area contributed by atoms with Gasteiger partial charge in [-0.1, -0.05) is 23.2 Å². The van der Waals surface area contributed by atoms with Gasteiger partial charge in [0.25, 0.3) is 0 Å². The highest BCUT2D eigenvalue weighted by Crippen LogP contribution is 2.32. The fourth-order valence-corrected chi connectivity index (χ4v) is 1.83. The number of hydrogen-bond donors (Lipinski definition) is 1. The van der Waals surface area contributed by atoms with Gasteiger partial charge in [0.1, 0.15) is 17.7 Å². The van der Waals surface area contributed by atoms with Gasteiger partial charge in [-0.2, -0.15) is 0 Å². The van der Waals surface area contributed by atoms with Crippen molar-refractivity contribution in [3.05, 3.63) is 57.7 Å². The lowest BCUT2D eigenvalue weighted by Gasteiger charge is -2.10. The number of furan rings is 1. The van der Waals surface area contributed by atoms with Crippen LogP contribution in [0.1, 0.15) is 17.4 Å². The highest BCUT2D eigenvalue weighted by molar-refractivity contribution is 6.35. The van der Waals surface area contributed by atoms with Crippen molar-refractivity contribution in [3.63, 3.8) is 0 Å². The summed E-state index contributed by atoms with van der Waals surface area (Å²) in [6.45, 7) is 0. The van der Waals surface area contributed by atoms with Gasteiger partial charge in [0.15, 0.2) is 0 Å². The highest BCUT2D eigenvalue weighted by Gasteiger charge is 2.18. The fourth-order valence-electron chi connectivity index (χ4n) is 1.35. The van der Waals surface area contributed by atoms with Crippen molar-refractivity contribution in [2.75, 3.05) is 0 Å². The molecule has 1 heterocycles. The van der Waals surface area contributed by atoms with Crippen molar-refractivity contribution >= 4 is 23.2 Å². The maximum absolute atomic E-state index is 13.2. The molecule has 0 bridgehead atoms. The SMILES string of the molecule is O[C@@H](c1ccco1)c1cc(F)c(Cl)cc1Cl. The number of aliphatic hydroxyl groups excluding tert-OH is 1. The Morgan fingerprint density at radius 2 is 2.00 bits per heavy atom. The zero-order chi connectivity index (χ0) is 11.7. The number of benzene rings is 1.